The van der Waals surface area contributed by atoms with Crippen LogP contribution in [0.4, 0.5) is 0 Å². The van der Waals surface area contributed by atoms with Gasteiger partial charge in [0.2, 0.25) is 5.88 Å². The van der Waals surface area contributed by atoms with Crippen molar-refractivity contribution in [2.75, 3.05) is 12.4 Å². The summed E-state index contributed by atoms with van der Waals surface area (Å²) in [6, 6.07) is 7.97. The van der Waals surface area contributed by atoms with Crippen molar-refractivity contribution in [3.05, 3.63) is 66.1 Å². The molecule has 0 aliphatic carbocycles. The molecule has 0 saturated heterocycles. The minimum atomic E-state index is -0.349. The Morgan fingerprint density at radius 2 is 2.25 bits per heavy atom. The number of thioether (sulfide) groups is 1. The second-order valence-electron chi connectivity index (χ2n) is 6.79. The number of hydrogen-bond acceptors (Lipinski definition) is 7. The number of ketones is 1. The number of rotatable bonds is 8. The van der Waals surface area contributed by atoms with Gasteiger partial charge in [0.05, 0.1) is 24.5 Å². The SMILES string of the molecule is C=CCCOc1cnc(C(=O)Cc2cccc([C@]3(C)CCSC(N)=N3)c2)cn1. The Morgan fingerprint density at radius 1 is 1.39 bits per heavy atom. The predicted octanol–water partition coefficient (Wildman–Crippen LogP) is 3.52. The van der Waals surface area contributed by atoms with E-state index in [1.54, 1.807) is 17.8 Å². The molecule has 0 spiro atoms. The van der Waals surface area contributed by atoms with Crippen molar-refractivity contribution in [1.29, 1.82) is 0 Å². The van der Waals surface area contributed by atoms with Crippen LogP contribution in [0.5, 0.6) is 5.88 Å². The average molecular weight is 397 g/mol. The average Bonchev–Trinajstić information content (AvgIpc) is 2.69. The van der Waals surface area contributed by atoms with Crippen LogP contribution in [-0.2, 0) is 12.0 Å². The maximum atomic E-state index is 12.6. The van der Waals surface area contributed by atoms with Crippen LogP contribution in [0, 0.1) is 0 Å². The number of aliphatic imine (C=N–C) groups is 1. The minimum absolute atomic E-state index is 0.0883. The summed E-state index contributed by atoms with van der Waals surface area (Å²) in [5.41, 5.74) is 7.88. The molecule has 28 heavy (non-hydrogen) atoms. The summed E-state index contributed by atoms with van der Waals surface area (Å²) in [6.07, 6.45) is 6.60. The number of amidine groups is 1. The van der Waals surface area contributed by atoms with Crippen molar-refractivity contribution in [1.82, 2.24) is 9.97 Å². The Labute approximate surface area is 169 Å². The molecule has 2 aromatic rings. The molecule has 1 aromatic carbocycles. The number of carbonyl (C=O) groups excluding carboxylic acids is 1. The third kappa shape index (κ3) is 4.98. The van der Waals surface area contributed by atoms with Gasteiger partial charge in [-0.15, -0.1) is 6.58 Å². The lowest BCUT2D eigenvalue weighted by Gasteiger charge is -2.30. The van der Waals surface area contributed by atoms with Crippen molar-refractivity contribution in [3.8, 4) is 5.88 Å². The van der Waals surface area contributed by atoms with Crippen LogP contribution in [0.3, 0.4) is 0 Å². The molecule has 2 N–H and O–H groups in total. The number of hydrogen-bond donors (Lipinski definition) is 1. The normalized spacial score (nSPS) is 19.0. The van der Waals surface area contributed by atoms with E-state index in [2.05, 4.69) is 28.5 Å². The van der Waals surface area contributed by atoms with Crippen LogP contribution in [-0.4, -0.2) is 33.3 Å². The van der Waals surface area contributed by atoms with Crippen LogP contribution in [0.15, 0.2) is 54.3 Å². The topological polar surface area (TPSA) is 90.5 Å². The van der Waals surface area contributed by atoms with E-state index < -0.39 is 0 Å². The third-order valence-corrected chi connectivity index (χ3v) is 5.39. The summed E-state index contributed by atoms with van der Waals surface area (Å²) in [4.78, 5) is 25.6. The van der Waals surface area contributed by atoms with Crippen LogP contribution < -0.4 is 10.5 Å². The molecule has 146 valence electrons. The smallest absolute Gasteiger partial charge is 0.232 e. The van der Waals surface area contributed by atoms with Gasteiger partial charge in [0.15, 0.2) is 11.0 Å². The Morgan fingerprint density at radius 3 is 2.96 bits per heavy atom. The van der Waals surface area contributed by atoms with Crippen LogP contribution in [0.2, 0.25) is 0 Å². The van der Waals surface area contributed by atoms with Gasteiger partial charge in [-0.05, 0) is 30.9 Å². The molecule has 1 aromatic heterocycles. The second kappa shape index (κ2) is 9.01. The highest BCUT2D eigenvalue weighted by molar-refractivity contribution is 8.13. The van der Waals surface area contributed by atoms with Crippen LogP contribution >= 0.6 is 11.8 Å². The first-order valence-corrected chi connectivity index (χ1v) is 10.2. The van der Waals surface area contributed by atoms with Crippen molar-refractivity contribution in [2.45, 2.75) is 31.7 Å². The molecule has 7 heteroatoms. The van der Waals surface area contributed by atoms with E-state index in [9.17, 15) is 4.79 Å². The Kier molecular flexibility index (Phi) is 6.46. The number of aromatic nitrogens is 2. The third-order valence-electron chi connectivity index (χ3n) is 4.60. The fraction of sp³-hybridized carbons (Fsp3) is 0.333. The van der Waals surface area contributed by atoms with E-state index in [4.69, 9.17) is 10.5 Å². The number of nitrogens with zero attached hydrogens (tertiary/aromatic N) is 3. The van der Waals surface area contributed by atoms with Gasteiger partial charge in [0.25, 0.3) is 0 Å². The lowest BCUT2D eigenvalue weighted by molar-refractivity contribution is 0.0987. The summed E-state index contributed by atoms with van der Waals surface area (Å²) in [5.74, 6) is 1.25. The summed E-state index contributed by atoms with van der Waals surface area (Å²) in [7, 11) is 0. The first-order chi connectivity index (χ1) is 13.5. The molecule has 1 atom stereocenters. The lowest BCUT2D eigenvalue weighted by Crippen LogP contribution is -2.28. The molecule has 0 bridgehead atoms. The highest BCUT2D eigenvalue weighted by atomic mass is 32.2. The Balaban J connectivity index is 1.69. The minimum Gasteiger partial charge on any atom is -0.476 e. The van der Waals surface area contributed by atoms with Gasteiger partial charge in [-0.1, -0.05) is 42.1 Å². The molecule has 0 unspecified atom stereocenters. The zero-order valence-corrected chi connectivity index (χ0v) is 16.7. The molecule has 6 nitrogen and oxygen atoms in total. The largest absolute Gasteiger partial charge is 0.476 e. The van der Waals surface area contributed by atoms with E-state index >= 15 is 0 Å². The second-order valence-corrected chi connectivity index (χ2v) is 7.90. The highest BCUT2D eigenvalue weighted by Gasteiger charge is 2.29. The van der Waals surface area contributed by atoms with Crippen LogP contribution in [0.25, 0.3) is 0 Å². The van der Waals surface area contributed by atoms with Gasteiger partial charge in [-0.25, -0.2) is 9.97 Å². The van der Waals surface area contributed by atoms with E-state index in [1.807, 2.05) is 24.3 Å². The van der Waals surface area contributed by atoms with Crippen molar-refractivity contribution < 1.29 is 9.53 Å². The molecule has 1 aliphatic heterocycles. The summed E-state index contributed by atoms with van der Waals surface area (Å²) < 4.78 is 5.42. The van der Waals surface area contributed by atoms with Gasteiger partial charge in [0.1, 0.15) is 5.69 Å². The van der Waals surface area contributed by atoms with Gasteiger partial charge >= 0.3 is 0 Å². The zero-order chi connectivity index (χ0) is 20.0. The first-order valence-electron chi connectivity index (χ1n) is 9.17. The standard InChI is InChI=1S/C21H24N4O2S/c1-3-4-9-27-19-14-23-17(13-24-19)18(26)12-15-6-5-7-16(11-15)21(2)8-10-28-20(22)25-21/h3,5-7,11,13-14H,1,4,8-10,12H2,2H3,(H2,22,25)/t21-/m0/s1. The quantitative estimate of drug-likeness (QED) is 0.417. The van der Waals surface area contributed by atoms with Gasteiger partial charge < -0.3 is 10.5 Å². The molecule has 3 rings (SSSR count). The number of carbonyl (C=O) groups is 1. The molecule has 2 heterocycles. The van der Waals surface area contributed by atoms with E-state index in [0.717, 1.165) is 29.7 Å². The summed E-state index contributed by atoms with van der Waals surface area (Å²) in [5, 5.41) is 0.612. The zero-order valence-electron chi connectivity index (χ0n) is 15.9. The van der Waals surface area contributed by atoms with Gasteiger partial charge in [0, 0.05) is 12.2 Å². The Bertz CT molecular complexity index is 882. The maximum absolute atomic E-state index is 12.6. The molecule has 1 aliphatic rings. The van der Waals surface area contributed by atoms with Crippen LogP contribution in [0.1, 0.15) is 41.4 Å². The predicted molar refractivity (Wildman–Crippen MR) is 113 cm³/mol. The molecule has 0 saturated carbocycles. The summed E-state index contributed by atoms with van der Waals surface area (Å²) >= 11 is 1.58. The maximum Gasteiger partial charge on any atom is 0.232 e. The molecule has 0 fully saturated rings. The van der Waals surface area contributed by atoms with E-state index in [0.29, 0.717) is 23.3 Å². The first kappa shape index (κ1) is 20.1. The monoisotopic (exact) mass is 396 g/mol. The van der Waals surface area contributed by atoms with E-state index in [1.165, 1.54) is 12.4 Å². The number of Topliss-reactive ketones (excluding diaryl/α,β-unsaturated/α-hetero) is 1. The number of nitrogens with two attached hydrogens (primary N) is 1. The fourth-order valence-corrected chi connectivity index (χ4v) is 3.94. The number of ether oxygens (including phenoxy) is 1. The molecule has 0 amide bonds. The van der Waals surface area contributed by atoms with Gasteiger partial charge in [-0.2, -0.15) is 0 Å². The van der Waals surface area contributed by atoms with Crippen molar-refractivity contribution in [2.24, 2.45) is 10.7 Å². The summed E-state index contributed by atoms with van der Waals surface area (Å²) in [6.45, 7) is 6.21. The molecule has 0 radical (unpaired) electrons. The Hall–Kier alpha value is -2.67. The highest BCUT2D eigenvalue weighted by Crippen LogP contribution is 2.35. The van der Waals surface area contributed by atoms with E-state index in [-0.39, 0.29) is 17.7 Å². The van der Waals surface area contributed by atoms with Crippen molar-refractivity contribution in [3.63, 3.8) is 0 Å². The van der Waals surface area contributed by atoms with Gasteiger partial charge in [-0.3, -0.25) is 9.79 Å². The molecular weight excluding hydrogens is 372 g/mol. The number of benzene rings is 1. The van der Waals surface area contributed by atoms with Crippen molar-refractivity contribution >= 4 is 22.7 Å². The fourth-order valence-electron chi connectivity index (χ4n) is 2.97. The lowest BCUT2D eigenvalue weighted by atomic mass is 9.88. The molecular formula is C21H24N4O2S.